The van der Waals surface area contributed by atoms with Crippen molar-refractivity contribution in [1.29, 1.82) is 0 Å². The summed E-state index contributed by atoms with van der Waals surface area (Å²) in [5, 5.41) is 20.1. The Morgan fingerprint density at radius 2 is 1.89 bits per heavy atom. The zero-order valence-corrected chi connectivity index (χ0v) is 10.5. The number of carbonyl (C=O) groups is 2. The minimum atomic E-state index is -1.14. The molecule has 3 N–H and O–H groups in total. The number of nitrogens with one attached hydrogen (secondary N) is 1. The molecule has 1 amide bonds. The van der Waals surface area contributed by atoms with Gasteiger partial charge in [-0.05, 0) is 36.5 Å². The van der Waals surface area contributed by atoms with E-state index in [1.165, 1.54) is 18.4 Å². The minimum Gasteiger partial charge on any atom is -0.480 e. The van der Waals surface area contributed by atoms with Crippen molar-refractivity contribution in [3.63, 3.8) is 0 Å². The number of benzene rings is 1. The number of rotatable bonds is 6. The van der Waals surface area contributed by atoms with Gasteiger partial charge in [-0.15, -0.1) is 0 Å². The largest absolute Gasteiger partial charge is 0.480 e. The first kappa shape index (κ1) is 13.5. The van der Waals surface area contributed by atoms with E-state index in [0.717, 1.165) is 0 Å². The van der Waals surface area contributed by atoms with Crippen molar-refractivity contribution in [2.45, 2.75) is 31.2 Å². The van der Waals surface area contributed by atoms with Gasteiger partial charge in [0.2, 0.25) is 0 Å². The van der Waals surface area contributed by atoms with Gasteiger partial charge in [-0.3, -0.25) is 4.79 Å². The summed E-state index contributed by atoms with van der Waals surface area (Å²) >= 11 is 0. The summed E-state index contributed by atoms with van der Waals surface area (Å²) < 4.78 is 0. The molecule has 5 nitrogen and oxygen atoms in total. The molecule has 1 fully saturated rings. The molecule has 1 atom stereocenters. The SMILES string of the molecule is O=C(NC(CCO)C(=O)O)c1ccc(C2CC2)cc1. The molecule has 0 spiro atoms. The van der Waals surface area contributed by atoms with Gasteiger partial charge in [0.15, 0.2) is 0 Å². The smallest absolute Gasteiger partial charge is 0.326 e. The Bertz CT molecular complexity index is 465. The molecule has 0 heterocycles. The highest BCUT2D eigenvalue weighted by molar-refractivity contribution is 5.96. The second kappa shape index (κ2) is 5.84. The average molecular weight is 263 g/mol. The Morgan fingerprint density at radius 3 is 2.37 bits per heavy atom. The van der Waals surface area contributed by atoms with Gasteiger partial charge >= 0.3 is 5.97 Å². The van der Waals surface area contributed by atoms with Crippen molar-refractivity contribution in [3.8, 4) is 0 Å². The maximum absolute atomic E-state index is 11.9. The highest BCUT2D eigenvalue weighted by Gasteiger charge is 2.24. The molecule has 0 radical (unpaired) electrons. The Morgan fingerprint density at radius 1 is 1.26 bits per heavy atom. The number of hydrogen-bond acceptors (Lipinski definition) is 3. The summed E-state index contributed by atoms with van der Waals surface area (Å²) in [6, 6.07) is 6.19. The van der Waals surface area contributed by atoms with E-state index < -0.39 is 17.9 Å². The van der Waals surface area contributed by atoms with E-state index in [1.807, 2.05) is 12.1 Å². The van der Waals surface area contributed by atoms with Crippen LogP contribution in [0.2, 0.25) is 0 Å². The molecule has 1 aromatic rings. The number of carboxylic acids is 1. The van der Waals surface area contributed by atoms with Crippen LogP contribution in [-0.2, 0) is 4.79 Å². The summed E-state index contributed by atoms with van der Waals surface area (Å²) in [6.07, 6.45) is 2.40. The Kier molecular flexibility index (Phi) is 4.16. The highest BCUT2D eigenvalue weighted by Crippen LogP contribution is 2.39. The van der Waals surface area contributed by atoms with Crippen molar-refractivity contribution in [1.82, 2.24) is 5.32 Å². The summed E-state index contributed by atoms with van der Waals surface area (Å²) in [5.41, 5.74) is 1.66. The van der Waals surface area contributed by atoms with Crippen molar-refractivity contribution in [3.05, 3.63) is 35.4 Å². The number of amides is 1. The topological polar surface area (TPSA) is 86.6 Å². The quantitative estimate of drug-likeness (QED) is 0.718. The maximum atomic E-state index is 11.9. The van der Waals surface area contributed by atoms with Crippen LogP contribution in [0.15, 0.2) is 24.3 Å². The monoisotopic (exact) mass is 263 g/mol. The van der Waals surface area contributed by atoms with Crippen molar-refractivity contribution in [2.75, 3.05) is 6.61 Å². The highest BCUT2D eigenvalue weighted by atomic mass is 16.4. The molecule has 1 aromatic carbocycles. The molecular weight excluding hydrogens is 246 g/mol. The van der Waals surface area contributed by atoms with Gasteiger partial charge in [0.1, 0.15) is 6.04 Å². The number of carboxylic acid groups (broad SMARTS) is 1. The number of hydrogen-bond donors (Lipinski definition) is 3. The van der Waals surface area contributed by atoms with Crippen LogP contribution in [0.25, 0.3) is 0 Å². The third-order valence-corrected chi connectivity index (χ3v) is 3.24. The molecule has 0 aliphatic heterocycles. The molecule has 0 saturated heterocycles. The Balaban J connectivity index is 1.99. The molecule has 0 bridgehead atoms. The van der Waals surface area contributed by atoms with E-state index in [0.29, 0.717) is 11.5 Å². The fraction of sp³-hybridized carbons (Fsp3) is 0.429. The van der Waals surface area contributed by atoms with Gasteiger partial charge in [-0.25, -0.2) is 4.79 Å². The van der Waals surface area contributed by atoms with E-state index in [-0.39, 0.29) is 13.0 Å². The zero-order valence-electron chi connectivity index (χ0n) is 10.5. The second-order valence-corrected chi connectivity index (χ2v) is 4.77. The Labute approximate surface area is 111 Å². The fourth-order valence-corrected chi connectivity index (χ4v) is 1.95. The van der Waals surface area contributed by atoms with Crippen LogP contribution in [0.3, 0.4) is 0 Å². The van der Waals surface area contributed by atoms with E-state index in [1.54, 1.807) is 12.1 Å². The first-order valence-electron chi connectivity index (χ1n) is 6.36. The molecule has 1 saturated carbocycles. The lowest BCUT2D eigenvalue weighted by atomic mass is 10.1. The van der Waals surface area contributed by atoms with E-state index in [4.69, 9.17) is 10.2 Å². The number of aliphatic carboxylic acids is 1. The minimum absolute atomic E-state index is 0.00122. The third kappa shape index (κ3) is 3.54. The summed E-state index contributed by atoms with van der Waals surface area (Å²) in [5.74, 6) is -0.946. The number of carbonyl (C=O) groups excluding carboxylic acids is 1. The van der Waals surface area contributed by atoms with Crippen LogP contribution in [-0.4, -0.2) is 34.7 Å². The Hall–Kier alpha value is -1.88. The van der Waals surface area contributed by atoms with Crippen LogP contribution < -0.4 is 5.32 Å². The van der Waals surface area contributed by atoms with E-state index in [2.05, 4.69) is 5.32 Å². The van der Waals surface area contributed by atoms with Gasteiger partial charge in [-0.2, -0.15) is 0 Å². The van der Waals surface area contributed by atoms with Crippen molar-refractivity contribution >= 4 is 11.9 Å². The van der Waals surface area contributed by atoms with Crippen LogP contribution in [0.4, 0.5) is 0 Å². The fourth-order valence-electron chi connectivity index (χ4n) is 1.95. The van der Waals surface area contributed by atoms with Crippen LogP contribution in [0.1, 0.15) is 41.1 Å². The number of aliphatic hydroxyl groups is 1. The molecule has 1 aliphatic carbocycles. The van der Waals surface area contributed by atoms with E-state index >= 15 is 0 Å². The molecule has 1 aliphatic rings. The first-order chi connectivity index (χ1) is 9.11. The average Bonchev–Trinajstić information content (AvgIpc) is 3.22. The molecule has 102 valence electrons. The predicted molar refractivity (Wildman–Crippen MR) is 69.0 cm³/mol. The third-order valence-electron chi connectivity index (χ3n) is 3.24. The second-order valence-electron chi connectivity index (χ2n) is 4.77. The molecule has 19 heavy (non-hydrogen) atoms. The van der Waals surface area contributed by atoms with Gasteiger partial charge < -0.3 is 15.5 Å². The van der Waals surface area contributed by atoms with Gasteiger partial charge in [0, 0.05) is 18.6 Å². The molecular formula is C14H17NO4. The first-order valence-corrected chi connectivity index (χ1v) is 6.36. The maximum Gasteiger partial charge on any atom is 0.326 e. The van der Waals surface area contributed by atoms with Crippen molar-refractivity contribution in [2.24, 2.45) is 0 Å². The zero-order chi connectivity index (χ0) is 13.8. The van der Waals surface area contributed by atoms with Gasteiger partial charge in [-0.1, -0.05) is 12.1 Å². The molecule has 2 rings (SSSR count). The lowest BCUT2D eigenvalue weighted by Gasteiger charge is -2.13. The molecule has 0 aromatic heterocycles. The lowest BCUT2D eigenvalue weighted by Crippen LogP contribution is -2.41. The summed E-state index contributed by atoms with van der Waals surface area (Å²) in [4.78, 5) is 22.8. The molecule has 5 heteroatoms. The lowest BCUT2D eigenvalue weighted by molar-refractivity contribution is -0.139. The predicted octanol–water partition coefficient (Wildman–Crippen LogP) is 1.13. The van der Waals surface area contributed by atoms with Gasteiger partial charge in [0.25, 0.3) is 5.91 Å². The van der Waals surface area contributed by atoms with Crippen LogP contribution in [0.5, 0.6) is 0 Å². The van der Waals surface area contributed by atoms with Crippen molar-refractivity contribution < 1.29 is 19.8 Å². The van der Waals surface area contributed by atoms with Crippen LogP contribution in [0, 0.1) is 0 Å². The number of aliphatic hydroxyl groups excluding tert-OH is 1. The summed E-state index contributed by atoms with van der Waals surface area (Å²) in [6.45, 7) is -0.280. The van der Waals surface area contributed by atoms with Gasteiger partial charge in [0.05, 0.1) is 0 Å². The van der Waals surface area contributed by atoms with Crippen LogP contribution >= 0.6 is 0 Å². The summed E-state index contributed by atoms with van der Waals surface area (Å²) in [7, 11) is 0. The van der Waals surface area contributed by atoms with E-state index in [9.17, 15) is 9.59 Å². The molecule has 1 unspecified atom stereocenters. The standard InChI is InChI=1S/C14H17NO4/c16-8-7-12(14(18)19)15-13(17)11-5-3-10(4-6-11)9-1-2-9/h3-6,9,12,16H,1-2,7-8H2,(H,15,17)(H,18,19). The normalized spacial score (nSPS) is 15.8.